The predicted molar refractivity (Wildman–Crippen MR) is 114 cm³/mol. The molecule has 1 N–H and O–H groups in total. The minimum absolute atomic E-state index is 0.00672. The quantitative estimate of drug-likeness (QED) is 0.665. The molecule has 0 bridgehead atoms. The number of rotatable bonds is 5. The van der Waals surface area contributed by atoms with E-state index in [9.17, 15) is 13.2 Å². The molecule has 1 heterocycles. The molecule has 0 fully saturated rings. The van der Waals surface area contributed by atoms with Crippen LogP contribution in [0.2, 0.25) is 5.02 Å². The van der Waals surface area contributed by atoms with Gasteiger partial charge in [-0.05, 0) is 50.2 Å². The molecule has 0 radical (unpaired) electrons. The molecule has 3 aromatic rings. The highest BCUT2D eigenvalue weighted by molar-refractivity contribution is 7.92. The van der Waals surface area contributed by atoms with Gasteiger partial charge in [0.25, 0.3) is 15.9 Å². The Labute approximate surface area is 175 Å². The van der Waals surface area contributed by atoms with E-state index < -0.39 is 15.9 Å². The van der Waals surface area contributed by atoms with Gasteiger partial charge in [-0.2, -0.15) is 5.10 Å². The van der Waals surface area contributed by atoms with E-state index in [1.165, 1.54) is 25.2 Å². The number of amides is 1. The lowest BCUT2D eigenvalue weighted by Crippen LogP contribution is -2.27. The van der Waals surface area contributed by atoms with Crippen molar-refractivity contribution in [1.82, 2.24) is 9.78 Å². The number of sulfonamides is 1. The van der Waals surface area contributed by atoms with Gasteiger partial charge in [0.1, 0.15) is 0 Å². The number of carbonyl (C=O) groups excluding carboxylic acids is 1. The topological polar surface area (TPSA) is 84.3 Å². The number of hydrogen-bond acceptors (Lipinski definition) is 4. The third kappa shape index (κ3) is 4.13. The lowest BCUT2D eigenvalue weighted by atomic mass is 10.2. The predicted octanol–water partition coefficient (Wildman–Crippen LogP) is 3.77. The summed E-state index contributed by atoms with van der Waals surface area (Å²) in [4.78, 5) is 12.7. The van der Waals surface area contributed by atoms with Gasteiger partial charge in [0.05, 0.1) is 27.7 Å². The number of nitrogens with one attached hydrogen (secondary N) is 1. The van der Waals surface area contributed by atoms with Crippen LogP contribution in [0.3, 0.4) is 0 Å². The van der Waals surface area contributed by atoms with Crippen LogP contribution in [0.25, 0.3) is 0 Å². The van der Waals surface area contributed by atoms with Crippen molar-refractivity contribution < 1.29 is 13.2 Å². The summed E-state index contributed by atoms with van der Waals surface area (Å²) in [6.45, 7) is 3.64. The average Bonchev–Trinajstić information content (AvgIpc) is 2.93. The highest BCUT2D eigenvalue weighted by atomic mass is 35.5. The van der Waals surface area contributed by atoms with Gasteiger partial charge in [0.2, 0.25) is 0 Å². The summed E-state index contributed by atoms with van der Waals surface area (Å²) in [5.74, 6) is -0.411. The van der Waals surface area contributed by atoms with E-state index in [-0.39, 0.29) is 10.5 Å². The SMILES string of the molecule is Cc1nn(C)c(C)c1NC(=O)c1cccc(S(=O)(=O)N(C)c2cccc(Cl)c2)c1. The minimum Gasteiger partial charge on any atom is -0.319 e. The minimum atomic E-state index is -3.87. The van der Waals surface area contributed by atoms with Crippen LogP contribution in [0.15, 0.2) is 53.4 Å². The van der Waals surface area contributed by atoms with Gasteiger partial charge in [0.15, 0.2) is 0 Å². The Hall–Kier alpha value is -2.84. The Bertz CT molecular complexity index is 1190. The maximum Gasteiger partial charge on any atom is 0.264 e. The molecular formula is C20H21ClN4O3S. The maximum atomic E-state index is 13.0. The largest absolute Gasteiger partial charge is 0.319 e. The van der Waals surface area contributed by atoms with E-state index in [1.807, 2.05) is 6.92 Å². The summed E-state index contributed by atoms with van der Waals surface area (Å²) in [6.07, 6.45) is 0. The number of benzene rings is 2. The van der Waals surface area contributed by atoms with Crippen LogP contribution in [-0.2, 0) is 17.1 Å². The van der Waals surface area contributed by atoms with E-state index in [0.717, 1.165) is 10.00 Å². The zero-order valence-corrected chi connectivity index (χ0v) is 18.0. The van der Waals surface area contributed by atoms with Crippen LogP contribution in [0.1, 0.15) is 21.7 Å². The van der Waals surface area contributed by atoms with Crippen molar-refractivity contribution >= 4 is 38.9 Å². The zero-order chi connectivity index (χ0) is 21.3. The van der Waals surface area contributed by atoms with Gasteiger partial charge in [-0.3, -0.25) is 13.8 Å². The summed E-state index contributed by atoms with van der Waals surface area (Å²) < 4.78 is 28.9. The lowest BCUT2D eigenvalue weighted by Gasteiger charge is -2.20. The molecule has 0 aliphatic heterocycles. The molecular weight excluding hydrogens is 412 g/mol. The van der Waals surface area contributed by atoms with E-state index in [4.69, 9.17) is 11.6 Å². The fraction of sp³-hybridized carbons (Fsp3) is 0.200. The highest BCUT2D eigenvalue weighted by Gasteiger charge is 2.23. The van der Waals surface area contributed by atoms with Crippen LogP contribution < -0.4 is 9.62 Å². The summed E-state index contributed by atoms with van der Waals surface area (Å²) in [5, 5.41) is 7.51. The Morgan fingerprint density at radius 3 is 2.45 bits per heavy atom. The fourth-order valence-corrected chi connectivity index (χ4v) is 4.33. The fourth-order valence-electron chi connectivity index (χ4n) is 2.91. The first-order valence-electron chi connectivity index (χ1n) is 8.77. The average molecular weight is 433 g/mol. The third-order valence-corrected chi connectivity index (χ3v) is 6.69. The zero-order valence-electron chi connectivity index (χ0n) is 16.5. The number of aromatic nitrogens is 2. The Balaban J connectivity index is 1.91. The molecule has 29 heavy (non-hydrogen) atoms. The van der Waals surface area contributed by atoms with Gasteiger partial charge in [-0.25, -0.2) is 8.42 Å². The number of anilines is 2. The standard InChI is InChI=1S/C20H21ClN4O3S/c1-13-19(14(2)24(3)23-13)22-20(26)15-7-5-10-18(11-15)29(27,28)25(4)17-9-6-8-16(21)12-17/h5-12H,1-4H3,(H,22,26). The molecule has 2 aromatic carbocycles. The maximum absolute atomic E-state index is 13.0. The number of nitrogens with zero attached hydrogens (tertiary/aromatic N) is 3. The first-order valence-corrected chi connectivity index (χ1v) is 10.6. The van der Waals surface area contributed by atoms with Crippen molar-refractivity contribution in [3.05, 3.63) is 70.5 Å². The number of aryl methyl sites for hydroxylation is 2. The van der Waals surface area contributed by atoms with Gasteiger partial charge in [0, 0.05) is 24.7 Å². The number of carbonyl (C=O) groups is 1. The first-order chi connectivity index (χ1) is 13.6. The van der Waals surface area contributed by atoms with Crippen molar-refractivity contribution in [3.8, 4) is 0 Å². The van der Waals surface area contributed by atoms with Crippen molar-refractivity contribution in [2.45, 2.75) is 18.7 Å². The smallest absolute Gasteiger partial charge is 0.264 e. The molecule has 7 nitrogen and oxygen atoms in total. The molecule has 0 saturated heterocycles. The Morgan fingerprint density at radius 1 is 1.14 bits per heavy atom. The van der Waals surface area contributed by atoms with Crippen molar-refractivity contribution in [1.29, 1.82) is 0 Å². The molecule has 3 rings (SSSR count). The summed E-state index contributed by atoms with van der Waals surface area (Å²) in [5.41, 5.74) is 2.76. The normalized spacial score (nSPS) is 11.3. The second-order valence-corrected chi connectivity index (χ2v) is 9.01. The molecule has 1 amide bonds. The highest BCUT2D eigenvalue weighted by Crippen LogP contribution is 2.25. The first kappa shape index (κ1) is 20.9. The van der Waals surface area contributed by atoms with Crippen LogP contribution in [-0.4, -0.2) is 31.2 Å². The molecule has 0 aliphatic carbocycles. The van der Waals surface area contributed by atoms with Crippen molar-refractivity contribution in [2.75, 3.05) is 16.7 Å². The lowest BCUT2D eigenvalue weighted by molar-refractivity contribution is 0.102. The van der Waals surface area contributed by atoms with E-state index in [0.29, 0.717) is 22.1 Å². The Morgan fingerprint density at radius 2 is 1.83 bits per heavy atom. The summed E-state index contributed by atoms with van der Waals surface area (Å²) in [6, 6.07) is 12.5. The van der Waals surface area contributed by atoms with Crippen LogP contribution >= 0.6 is 11.6 Å². The van der Waals surface area contributed by atoms with Gasteiger partial charge < -0.3 is 5.32 Å². The second-order valence-electron chi connectivity index (χ2n) is 6.60. The van der Waals surface area contributed by atoms with Gasteiger partial charge >= 0.3 is 0 Å². The monoisotopic (exact) mass is 432 g/mol. The third-order valence-electron chi connectivity index (χ3n) is 4.67. The Kier molecular flexibility index (Phi) is 5.68. The molecule has 9 heteroatoms. The van der Waals surface area contributed by atoms with Crippen molar-refractivity contribution in [2.24, 2.45) is 7.05 Å². The molecule has 152 valence electrons. The van der Waals surface area contributed by atoms with Crippen LogP contribution in [0.4, 0.5) is 11.4 Å². The molecule has 0 saturated carbocycles. The van der Waals surface area contributed by atoms with Crippen LogP contribution in [0, 0.1) is 13.8 Å². The number of halogens is 1. The van der Waals surface area contributed by atoms with E-state index >= 15 is 0 Å². The van der Waals surface area contributed by atoms with Crippen molar-refractivity contribution in [3.63, 3.8) is 0 Å². The van der Waals surface area contributed by atoms with Gasteiger partial charge in [-0.15, -0.1) is 0 Å². The van der Waals surface area contributed by atoms with Gasteiger partial charge in [-0.1, -0.05) is 23.7 Å². The van der Waals surface area contributed by atoms with Crippen LogP contribution in [0.5, 0.6) is 0 Å². The molecule has 0 unspecified atom stereocenters. The molecule has 1 aromatic heterocycles. The van der Waals surface area contributed by atoms with E-state index in [2.05, 4.69) is 10.4 Å². The summed E-state index contributed by atoms with van der Waals surface area (Å²) >= 11 is 5.97. The molecule has 0 atom stereocenters. The number of hydrogen-bond donors (Lipinski definition) is 1. The molecule has 0 spiro atoms. The van der Waals surface area contributed by atoms with E-state index in [1.54, 1.807) is 49.0 Å². The second kappa shape index (κ2) is 7.88. The summed E-state index contributed by atoms with van der Waals surface area (Å²) in [7, 11) is -0.643. The molecule has 0 aliphatic rings.